The standard InChI is InChI=1S/C12H12N4O3S2/c17-9(14-11(18)13-7-3-4-7)6-21-12-16-15-10(19-12)8-2-1-5-20-8/h1-2,5,7H,3-4,6H2,(H2,13,14,17,18). The van der Waals surface area contributed by atoms with Crippen LogP contribution in [-0.2, 0) is 4.79 Å². The monoisotopic (exact) mass is 324 g/mol. The Kier molecular flexibility index (Phi) is 4.20. The zero-order chi connectivity index (χ0) is 14.7. The zero-order valence-corrected chi connectivity index (χ0v) is 12.5. The Morgan fingerprint density at radius 3 is 3.00 bits per heavy atom. The molecule has 21 heavy (non-hydrogen) atoms. The van der Waals surface area contributed by atoms with Gasteiger partial charge in [0, 0.05) is 6.04 Å². The summed E-state index contributed by atoms with van der Waals surface area (Å²) in [5, 5.41) is 14.9. The second-order valence-electron chi connectivity index (χ2n) is 4.44. The van der Waals surface area contributed by atoms with Crippen molar-refractivity contribution >= 4 is 35.0 Å². The Morgan fingerprint density at radius 1 is 1.43 bits per heavy atom. The summed E-state index contributed by atoms with van der Waals surface area (Å²) in [5.41, 5.74) is 0. The number of carbonyl (C=O) groups excluding carboxylic acids is 2. The molecule has 3 rings (SSSR count). The first-order valence-electron chi connectivity index (χ1n) is 6.31. The highest BCUT2D eigenvalue weighted by atomic mass is 32.2. The number of hydrogen-bond acceptors (Lipinski definition) is 7. The third-order valence-corrected chi connectivity index (χ3v) is 4.31. The van der Waals surface area contributed by atoms with Gasteiger partial charge in [0.2, 0.25) is 5.91 Å². The van der Waals surface area contributed by atoms with Crippen LogP contribution < -0.4 is 10.6 Å². The van der Waals surface area contributed by atoms with Gasteiger partial charge in [-0.05, 0) is 24.3 Å². The summed E-state index contributed by atoms with van der Waals surface area (Å²) in [4.78, 5) is 23.8. The van der Waals surface area contributed by atoms with E-state index in [0.29, 0.717) is 11.1 Å². The Morgan fingerprint density at radius 2 is 2.29 bits per heavy atom. The molecule has 0 saturated heterocycles. The van der Waals surface area contributed by atoms with Gasteiger partial charge >= 0.3 is 6.03 Å². The van der Waals surface area contributed by atoms with E-state index in [2.05, 4.69) is 20.8 Å². The number of thiophene rings is 1. The van der Waals surface area contributed by atoms with Gasteiger partial charge in [-0.2, -0.15) is 0 Å². The molecule has 0 unspecified atom stereocenters. The lowest BCUT2D eigenvalue weighted by molar-refractivity contribution is -0.117. The molecule has 2 heterocycles. The summed E-state index contributed by atoms with van der Waals surface area (Å²) in [6, 6.07) is 3.53. The Balaban J connectivity index is 1.46. The third-order valence-electron chi connectivity index (χ3n) is 2.63. The lowest BCUT2D eigenvalue weighted by atomic mass is 10.5. The molecule has 2 aromatic rings. The van der Waals surface area contributed by atoms with Crippen LogP contribution in [0.25, 0.3) is 10.8 Å². The average Bonchev–Trinajstić information content (AvgIpc) is 2.97. The molecule has 0 radical (unpaired) electrons. The molecule has 2 N–H and O–H groups in total. The first-order valence-corrected chi connectivity index (χ1v) is 8.18. The van der Waals surface area contributed by atoms with Crippen LogP contribution in [0.15, 0.2) is 27.2 Å². The minimum Gasteiger partial charge on any atom is -0.410 e. The highest BCUT2D eigenvalue weighted by molar-refractivity contribution is 7.99. The number of nitrogens with one attached hydrogen (secondary N) is 2. The molecule has 1 saturated carbocycles. The summed E-state index contributed by atoms with van der Waals surface area (Å²) >= 11 is 2.59. The maximum atomic E-state index is 11.6. The number of aromatic nitrogens is 2. The Bertz CT molecular complexity index is 637. The van der Waals surface area contributed by atoms with Gasteiger partial charge in [0.25, 0.3) is 11.1 Å². The van der Waals surface area contributed by atoms with Gasteiger partial charge < -0.3 is 9.73 Å². The molecule has 0 bridgehead atoms. The van der Waals surface area contributed by atoms with E-state index in [1.54, 1.807) is 0 Å². The van der Waals surface area contributed by atoms with Crippen LogP contribution in [-0.4, -0.2) is 33.9 Å². The fraction of sp³-hybridized carbons (Fsp3) is 0.333. The van der Waals surface area contributed by atoms with Crippen molar-refractivity contribution in [1.29, 1.82) is 0 Å². The van der Waals surface area contributed by atoms with Crippen molar-refractivity contribution in [2.75, 3.05) is 5.75 Å². The maximum absolute atomic E-state index is 11.6. The van der Waals surface area contributed by atoms with E-state index < -0.39 is 11.9 Å². The SMILES string of the molecule is O=C(CSc1nnc(-c2cccs2)o1)NC(=O)NC1CC1. The van der Waals surface area contributed by atoms with Crippen molar-refractivity contribution in [3.05, 3.63) is 17.5 Å². The molecule has 1 aliphatic carbocycles. The van der Waals surface area contributed by atoms with Crippen LogP contribution in [0.3, 0.4) is 0 Å². The number of nitrogens with zero attached hydrogens (tertiary/aromatic N) is 2. The van der Waals surface area contributed by atoms with Crippen molar-refractivity contribution in [1.82, 2.24) is 20.8 Å². The zero-order valence-electron chi connectivity index (χ0n) is 10.9. The molecular weight excluding hydrogens is 312 g/mol. The first-order chi connectivity index (χ1) is 10.2. The van der Waals surface area contributed by atoms with E-state index in [4.69, 9.17) is 4.42 Å². The fourth-order valence-electron chi connectivity index (χ4n) is 1.51. The predicted molar refractivity (Wildman–Crippen MR) is 78.0 cm³/mol. The highest BCUT2D eigenvalue weighted by Gasteiger charge is 2.24. The number of carbonyl (C=O) groups is 2. The lowest BCUT2D eigenvalue weighted by Gasteiger charge is -2.03. The number of imide groups is 1. The number of hydrogen-bond donors (Lipinski definition) is 2. The van der Waals surface area contributed by atoms with Gasteiger partial charge in [0.05, 0.1) is 10.6 Å². The average molecular weight is 324 g/mol. The molecule has 3 amide bonds. The van der Waals surface area contributed by atoms with E-state index in [1.165, 1.54) is 11.3 Å². The minimum atomic E-state index is -0.451. The molecule has 7 nitrogen and oxygen atoms in total. The quantitative estimate of drug-likeness (QED) is 0.815. The molecule has 0 aliphatic heterocycles. The number of urea groups is 1. The van der Waals surface area contributed by atoms with E-state index in [9.17, 15) is 9.59 Å². The number of amides is 3. The first kappa shape index (κ1) is 14.1. The predicted octanol–water partition coefficient (Wildman–Crippen LogP) is 1.88. The van der Waals surface area contributed by atoms with Gasteiger partial charge in [-0.1, -0.05) is 17.8 Å². The number of thioether (sulfide) groups is 1. The highest BCUT2D eigenvalue weighted by Crippen LogP contribution is 2.26. The summed E-state index contributed by atoms with van der Waals surface area (Å²) < 4.78 is 5.43. The third kappa shape index (κ3) is 4.05. The lowest BCUT2D eigenvalue weighted by Crippen LogP contribution is -2.41. The van der Waals surface area contributed by atoms with Crippen molar-refractivity contribution in [3.8, 4) is 10.8 Å². The molecule has 2 aromatic heterocycles. The van der Waals surface area contributed by atoms with Crippen molar-refractivity contribution in [2.45, 2.75) is 24.1 Å². The van der Waals surface area contributed by atoms with Crippen LogP contribution in [0.2, 0.25) is 0 Å². The summed E-state index contributed by atoms with van der Waals surface area (Å²) in [5.74, 6) is 0.0814. The molecule has 1 fully saturated rings. The van der Waals surface area contributed by atoms with E-state index in [-0.39, 0.29) is 11.8 Å². The Labute approximate surface area is 128 Å². The van der Waals surface area contributed by atoms with Crippen molar-refractivity contribution < 1.29 is 14.0 Å². The molecule has 110 valence electrons. The van der Waals surface area contributed by atoms with E-state index in [1.807, 2.05) is 17.5 Å². The van der Waals surface area contributed by atoms with Gasteiger partial charge in [-0.3, -0.25) is 10.1 Å². The van der Waals surface area contributed by atoms with E-state index >= 15 is 0 Å². The van der Waals surface area contributed by atoms with Crippen molar-refractivity contribution in [2.24, 2.45) is 0 Å². The van der Waals surface area contributed by atoms with Crippen LogP contribution >= 0.6 is 23.1 Å². The van der Waals surface area contributed by atoms with Crippen LogP contribution in [0.4, 0.5) is 4.79 Å². The molecular formula is C12H12N4O3S2. The van der Waals surface area contributed by atoms with Gasteiger partial charge in [0.1, 0.15) is 0 Å². The largest absolute Gasteiger partial charge is 0.410 e. The van der Waals surface area contributed by atoms with Crippen LogP contribution in [0, 0.1) is 0 Å². The minimum absolute atomic E-state index is 0.0458. The summed E-state index contributed by atoms with van der Waals surface area (Å²) in [6.07, 6.45) is 1.95. The van der Waals surface area contributed by atoms with Crippen LogP contribution in [0.5, 0.6) is 0 Å². The van der Waals surface area contributed by atoms with Crippen LogP contribution in [0.1, 0.15) is 12.8 Å². The molecule has 0 spiro atoms. The topological polar surface area (TPSA) is 97.1 Å². The smallest absolute Gasteiger partial charge is 0.321 e. The molecule has 1 aliphatic rings. The van der Waals surface area contributed by atoms with Gasteiger partial charge in [0.15, 0.2) is 0 Å². The normalized spacial score (nSPS) is 13.9. The van der Waals surface area contributed by atoms with Gasteiger partial charge in [-0.25, -0.2) is 4.79 Å². The maximum Gasteiger partial charge on any atom is 0.321 e. The summed E-state index contributed by atoms with van der Waals surface area (Å²) in [7, 11) is 0. The molecule has 0 aromatic carbocycles. The molecule has 9 heteroatoms. The fourth-order valence-corrected chi connectivity index (χ4v) is 2.71. The number of rotatable bonds is 5. The van der Waals surface area contributed by atoms with Gasteiger partial charge in [-0.15, -0.1) is 21.5 Å². The van der Waals surface area contributed by atoms with E-state index in [0.717, 1.165) is 29.5 Å². The second-order valence-corrected chi connectivity index (χ2v) is 6.31. The second kappa shape index (κ2) is 6.27. The Hall–Kier alpha value is -1.87. The summed E-state index contributed by atoms with van der Waals surface area (Å²) in [6.45, 7) is 0. The van der Waals surface area contributed by atoms with Crippen molar-refractivity contribution in [3.63, 3.8) is 0 Å². The molecule has 0 atom stereocenters.